The number of methoxy groups -OCH3 is 3. The van der Waals surface area contributed by atoms with Gasteiger partial charge in [-0.1, -0.05) is 52.0 Å². The van der Waals surface area contributed by atoms with Gasteiger partial charge < -0.3 is 24.3 Å². The van der Waals surface area contributed by atoms with E-state index in [0.717, 1.165) is 47.0 Å². The number of anilines is 1. The third-order valence-corrected chi connectivity index (χ3v) is 7.82. The Balaban J connectivity index is 0.000000490. The molecule has 4 rings (SSSR count). The number of carbonyl (C=O) groups is 1. The van der Waals surface area contributed by atoms with E-state index in [1.165, 1.54) is 16.7 Å². The lowest BCUT2D eigenvalue weighted by Gasteiger charge is -2.25. The van der Waals surface area contributed by atoms with Crippen LogP contribution in [0.3, 0.4) is 0 Å². The molecular formula is C38H55N5O5. The Morgan fingerprint density at radius 2 is 1.65 bits per heavy atom. The molecule has 1 aliphatic heterocycles. The number of carbonyl (C=O) groups excluding carboxylic acids is 1. The number of hydrogen-bond donors (Lipinski definition) is 1. The number of fused-ring (bicyclic) bond motifs is 1. The first-order valence-electron chi connectivity index (χ1n) is 16.2. The van der Waals surface area contributed by atoms with Gasteiger partial charge in [0.2, 0.25) is 0 Å². The normalized spacial score (nSPS) is 13.7. The number of allylic oxidation sites excluding steroid dienone is 6. The Morgan fingerprint density at radius 3 is 2.17 bits per heavy atom. The number of likely N-dealkylation sites (N-methyl/N-ethyl adjacent to an activating group) is 1. The zero-order chi connectivity index (χ0) is 36.4. The van der Waals surface area contributed by atoms with Crippen molar-refractivity contribution in [3.05, 3.63) is 99.3 Å². The van der Waals surface area contributed by atoms with Crippen LogP contribution in [0.15, 0.2) is 81.8 Å². The fourth-order valence-electron chi connectivity index (χ4n) is 5.10. The van der Waals surface area contributed by atoms with Gasteiger partial charge >= 0.3 is 0 Å². The van der Waals surface area contributed by atoms with E-state index in [4.69, 9.17) is 24.0 Å². The molecule has 10 heteroatoms. The Hall–Kier alpha value is -4.86. The van der Waals surface area contributed by atoms with Crippen LogP contribution in [0.4, 0.5) is 5.69 Å². The molecule has 0 spiro atoms. The molecule has 262 valence electrons. The zero-order valence-corrected chi connectivity index (χ0v) is 30.8. The highest BCUT2D eigenvalue weighted by Gasteiger charge is 2.25. The van der Waals surface area contributed by atoms with Gasteiger partial charge in [-0.15, -0.1) is 0 Å². The van der Waals surface area contributed by atoms with E-state index in [1.807, 2.05) is 72.0 Å². The molecule has 0 unspecified atom stereocenters. The van der Waals surface area contributed by atoms with E-state index in [-0.39, 0.29) is 5.56 Å². The molecular weight excluding hydrogens is 606 g/mol. The molecule has 0 saturated carbocycles. The van der Waals surface area contributed by atoms with Crippen molar-refractivity contribution in [1.29, 1.82) is 0 Å². The molecule has 2 aromatic rings. The number of ether oxygens (including phenoxy) is 3. The molecule has 10 nitrogen and oxygen atoms in total. The fourth-order valence-corrected chi connectivity index (χ4v) is 5.10. The predicted octanol–water partition coefficient (Wildman–Crippen LogP) is 7.32. The number of hydrazone groups is 1. The van der Waals surface area contributed by atoms with Gasteiger partial charge in [-0.05, 0) is 68.2 Å². The van der Waals surface area contributed by atoms with Crippen molar-refractivity contribution in [3.63, 3.8) is 0 Å². The summed E-state index contributed by atoms with van der Waals surface area (Å²) in [5.41, 5.74) is 7.77. The molecule has 0 radical (unpaired) electrons. The highest BCUT2D eigenvalue weighted by Crippen LogP contribution is 2.27. The third kappa shape index (κ3) is 10.3. The maximum Gasteiger partial charge on any atom is 0.279 e. The summed E-state index contributed by atoms with van der Waals surface area (Å²) in [6.07, 6.45) is 8.91. The van der Waals surface area contributed by atoms with E-state index in [1.54, 1.807) is 30.9 Å². The summed E-state index contributed by atoms with van der Waals surface area (Å²) >= 11 is 0. The third-order valence-electron chi connectivity index (χ3n) is 7.82. The first-order chi connectivity index (χ1) is 23.1. The minimum Gasteiger partial charge on any atom is -0.497 e. The van der Waals surface area contributed by atoms with Crippen molar-refractivity contribution in [3.8, 4) is 5.75 Å². The van der Waals surface area contributed by atoms with E-state index in [9.17, 15) is 4.79 Å². The summed E-state index contributed by atoms with van der Waals surface area (Å²) < 4.78 is 17.7. The molecule has 0 saturated heterocycles. The van der Waals surface area contributed by atoms with E-state index in [2.05, 4.69) is 49.9 Å². The smallest absolute Gasteiger partial charge is 0.279 e. The molecule has 1 aromatic carbocycles. The lowest BCUT2D eigenvalue weighted by atomic mass is 10.0. The van der Waals surface area contributed by atoms with Crippen molar-refractivity contribution in [2.24, 2.45) is 5.10 Å². The summed E-state index contributed by atoms with van der Waals surface area (Å²) in [6, 6.07) is 8.05. The topological polar surface area (TPSA) is 107 Å². The van der Waals surface area contributed by atoms with Gasteiger partial charge in [-0.3, -0.25) is 14.4 Å². The maximum atomic E-state index is 13.2. The number of nitrogens with one attached hydrogen (secondary N) is 1. The minimum atomic E-state index is -0.0604. The van der Waals surface area contributed by atoms with Gasteiger partial charge in [0.1, 0.15) is 29.8 Å². The van der Waals surface area contributed by atoms with Crippen molar-refractivity contribution in [2.45, 2.75) is 73.8 Å². The fraction of sp³-hybridized carbons (Fsp3) is 0.421. The van der Waals surface area contributed by atoms with Crippen LogP contribution in [0.25, 0.3) is 11.1 Å². The summed E-state index contributed by atoms with van der Waals surface area (Å²) in [5, 5.41) is 9.32. The van der Waals surface area contributed by atoms with Crippen LogP contribution < -0.4 is 20.6 Å². The first kappa shape index (κ1) is 41.2. The largest absolute Gasteiger partial charge is 0.497 e. The van der Waals surface area contributed by atoms with Crippen LogP contribution in [-0.2, 0) is 27.2 Å². The molecule has 1 aromatic heterocycles. The Bertz CT molecular complexity index is 1580. The highest BCUT2D eigenvalue weighted by molar-refractivity contribution is 5.90. The lowest BCUT2D eigenvalue weighted by molar-refractivity contribution is -0.0980. The highest BCUT2D eigenvalue weighted by atomic mass is 16.5. The lowest BCUT2D eigenvalue weighted by Crippen LogP contribution is -2.35. The van der Waals surface area contributed by atoms with Crippen LogP contribution in [0.2, 0.25) is 0 Å². The Labute approximate surface area is 287 Å². The minimum absolute atomic E-state index is 0.0604. The van der Waals surface area contributed by atoms with Crippen molar-refractivity contribution < 1.29 is 19.0 Å². The van der Waals surface area contributed by atoms with Gasteiger partial charge in [0.15, 0.2) is 5.76 Å². The van der Waals surface area contributed by atoms with Gasteiger partial charge in [0.25, 0.3) is 5.56 Å². The SMILES string of the molecule is C=C(NC)/C(C)=C(/C)c1ccc(OC)cc1.C=O.CC.CCCC1=NN(C)c2c(nc(C3=CCC(OC)=C(OC)C=C3)n(CC)c2=O)C1. The van der Waals surface area contributed by atoms with Crippen LogP contribution in [0.1, 0.15) is 77.9 Å². The quantitative estimate of drug-likeness (QED) is 0.264. The van der Waals surface area contributed by atoms with Crippen LogP contribution in [0, 0.1) is 0 Å². The number of nitrogens with zero attached hydrogens (tertiary/aromatic N) is 4. The second-order valence-electron chi connectivity index (χ2n) is 10.5. The molecule has 2 aliphatic rings. The van der Waals surface area contributed by atoms with Gasteiger partial charge in [-0.25, -0.2) is 4.98 Å². The molecule has 1 aliphatic carbocycles. The molecule has 1 N–H and O–H groups in total. The second kappa shape index (κ2) is 21.1. The summed E-state index contributed by atoms with van der Waals surface area (Å²) in [7, 11) is 8.62. The molecule has 0 fully saturated rings. The molecule has 0 amide bonds. The standard InChI is InChI=1S/C21H28N4O3.C14H19NO.C2H6.CH2O/c1-6-8-15-13-16-19(24(3)23-15)21(26)25(7-2)20(22-16)14-9-11-17(27-4)18(28-5)12-10-14;1-10(12(3)15-4)11(2)13-6-8-14(16-5)9-7-13;2*1-2/h9-11H,6-8,12-13H2,1-5H3;6-9,15H,3H2,1-2,4-5H3;1-2H3;1H2/b;11-10-;;. The molecule has 2 heterocycles. The van der Waals surface area contributed by atoms with Crippen molar-refractivity contribution in [1.82, 2.24) is 14.9 Å². The van der Waals surface area contributed by atoms with Gasteiger partial charge in [0, 0.05) is 50.5 Å². The van der Waals surface area contributed by atoms with Crippen LogP contribution >= 0.6 is 0 Å². The Morgan fingerprint density at radius 1 is 1.00 bits per heavy atom. The molecule has 48 heavy (non-hydrogen) atoms. The van der Waals surface area contributed by atoms with Gasteiger partial charge in [0.05, 0.1) is 27.0 Å². The van der Waals surface area contributed by atoms with Crippen molar-refractivity contribution >= 4 is 29.3 Å². The zero-order valence-electron chi connectivity index (χ0n) is 30.8. The Kier molecular flexibility index (Phi) is 18.1. The molecule has 0 bridgehead atoms. The average Bonchev–Trinajstić information content (AvgIpc) is 3.34. The number of hydrogen-bond acceptors (Lipinski definition) is 9. The average molecular weight is 662 g/mol. The monoisotopic (exact) mass is 661 g/mol. The van der Waals surface area contributed by atoms with Gasteiger partial charge in [-0.2, -0.15) is 5.10 Å². The van der Waals surface area contributed by atoms with E-state index in [0.29, 0.717) is 36.7 Å². The summed E-state index contributed by atoms with van der Waals surface area (Å²) in [6.45, 7) is 18.7. The summed E-state index contributed by atoms with van der Waals surface area (Å²) in [5.74, 6) is 2.96. The predicted molar refractivity (Wildman–Crippen MR) is 199 cm³/mol. The summed E-state index contributed by atoms with van der Waals surface area (Å²) in [4.78, 5) is 26.1. The molecule has 0 atom stereocenters. The second-order valence-corrected chi connectivity index (χ2v) is 10.5. The first-order valence-corrected chi connectivity index (χ1v) is 16.2. The number of aromatic nitrogens is 2. The number of rotatable bonds is 10. The van der Waals surface area contributed by atoms with Crippen LogP contribution in [-0.4, -0.2) is 57.5 Å². The van der Waals surface area contributed by atoms with E-state index < -0.39 is 0 Å². The van der Waals surface area contributed by atoms with Crippen molar-refractivity contribution in [2.75, 3.05) is 40.4 Å². The van der Waals surface area contributed by atoms with E-state index >= 15 is 0 Å². The maximum absolute atomic E-state index is 13.2. The van der Waals surface area contributed by atoms with Crippen LogP contribution in [0.5, 0.6) is 5.75 Å². The number of benzene rings is 1.